The summed E-state index contributed by atoms with van der Waals surface area (Å²) >= 11 is 1.84. The Kier molecular flexibility index (Phi) is 6.39. The lowest BCUT2D eigenvalue weighted by Gasteiger charge is -2.12. The van der Waals surface area contributed by atoms with Crippen molar-refractivity contribution in [2.75, 3.05) is 0 Å². The number of hydrogen-bond acceptors (Lipinski definition) is 3. The molecule has 0 spiro atoms. The van der Waals surface area contributed by atoms with Crippen LogP contribution in [0.15, 0.2) is 170 Å². The predicted octanol–water partition coefficient (Wildman–Crippen LogP) is 13.0. The molecule has 10 aromatic rings. The highest BCUT2D eigenvalue weighted by atomic mass is 32.1. The first-order valence-corrected chi connectivity index (χ1v) is 17.4. The van der Waals surface area contributed by atoms with Crippen LogP contribution in [0.5, 0.6) is 0 Å². The lowest BCUT2D eigenvalue weighted by Crippen LogP contribution is -1.95. The summed E-state index contributed by atoms with van der Waals surface area (Å²) in [5.74, 6) is 0.731. The summed E-state index contributed by atoms with van der Waals surface area (Å²) in [5, 5.41) is 10.3. The molecule has 2 nitrogen and oxygen atoms in total. The molecule has 2 heterocycles. The lowest BCUT2D eigenvalue weighted by atomic mass is 9.92. The number of thiophene rings is 1. The zero-order valence-corrected chi connectivity index (χ0v) is 27.3. The van der Waals surface area contributed by atoms with E-state index in [-0.39, 0.29) is 0 Å². The molecule has 0 N–H and O–H groups in total. The molecule has 0 unspecified atom stereocenters. The first-order valence-electron chi connectivity index (χ1n) is 16.6. The van der Waals surface area contributed by atoms with Crippen LogP contribution in [0, 0.1) is 0 Å². The van der Waals surface area contributed by atoms with E-state index in [0.717, 1.165) is 33.9 Å². The molecule has 0 bridgehead atoms. The minimum atomic E-state index is 0.731. The van der Waals surface area contributed by atoms with Crippen molar-refractivity contribution in [3.63, 3.8) is 0 Å². The van der Waals surface area contributed by atoms with Crippen LogP contribution in [0.3, 0.4) is 0 Å². The van der Waals surface area contributed by atoms with Crippen molar-refractivity contribution < 1.29 is 0 Å². The van der Waals surface area contributed by atoms with Crippen molar-refractivity contribution >= 4 is 63.8 Å². The van der Waals surface area contributed by atoms with Gasteiger partial charge in [0.1, 0.15) is 0 Å². The van der Waals surface area contributed by atoms with Crippen LogP contribution in [0.4, 0.5) is 0 Å². The maximum Gasteiger partial charge on any atom is 0.160 e. The molecule has 0 atom stereocenters. The highest BCUT2D eigenvalue weighted by Gasteiger charge is 2.14. The Bertz CT molecular complexity index is 2780. The number of aromatic nitrogens is 2. The van der Waals surface area contributed by atoms with Crippen LogP contribution in [0.1, 0.15) is 0 Å². The van der Waals surface area contributed by atoms with E-state index in [2.05, 4.69) is 146 Å². The number of rotatable bonds is 4. The Balaban J connectivity index is 1.09. The predicted molar refractivity (Wildman–Crippen MR) is 209 cm³/mol. The molecule has 8 aromatic carbocycles. The van der Waals surface area contributed by atoms with Gasteiger partial charge in [0.25, 0.3) is 0 Å². The maximum atomic E-state index is 5.07. The van der Waals surface area contributed by atoms with E-state index < -0.39 is 0 Å². The average Bonchev–Trinajstić information content (AvgIpc) is 3.55. The Morgan fingerprint density at radius 3 is 1.45 bits per heavy atom. The largest absolute Gasteiger partial charge is 0.228 e. The normalized spacial score (nSPS) is 11.7. The van der Waals surface area contributed by atoms with Gasteiger partial charge in [-0.3, -0.25) is 0 Å². The minimum Gasteiger partial charge on any atom is -0.228 e. The van der Waals surface area contributed by atoms with Crippen molar-refractivity contribution in [2.24, 2.45) is 0 Å². The van der Waals surface area contributed by atoms with Gasteiger partial charge < -0.3 is 0 Å². The van der Waals surface area contributed by atoms with Gasteiger partial charge in [0, 0.05) is 36.9 Å². The maximum absolute atomic E-state index is 5.07. The van der Waals surface area contributed by atoms with Crippen LogP contribution >= 0.6 is 11.3 Å². The average molecular weight is 641 g/mol. The number of fused-ring (bicyclic) bond motifs is 9. The second-order valence-electron chi connectivity index (χ2n) is 12.6. The molecule has 10 rings (SSSR count). The van der Waals surface area contributed by atoms with Gasteiger partial charge in [-0.15, -0.1) is 11.3 Å². The Morgan fingerprint density at radius 2 is 0.776 bits per heavy atom. The molecule has 228 valence electrons. The third kappa shape index (κ3) is 4.70. The van der Waals surface area contributed by atoms with Crippen molar-refractivity contribution in [3.8, 4) is 45.0 Å². The van der Waals surface area contributed by atoms with Crippen molar-refractivity contribution in [2.45, 2.75) is 0 Å². The van der Waals surface area contributed by atoms with Crippen molar-refractivity contribution in [3.05, 3.63) is 170 Å². The first kappa shape index (κ1) is 27.9. The molecule has 3 heteroatoms. The van der Waals surface area contributed by atoms with Gasteiger partial charge in [-0.25, -0.2) is 9.97 Å². The topological polar surface area (TPSA) is 25.8 Å². The van der Waals surface area contributed by atoms with Crippen molar-refractivity contribution in [1.29, 1.82) is 0 Å². The van der Waals surface area contributed by atoms with E-state index in [4.69, 9.17) is 9.97 Å². The SMILES string of the molecule is c1ccc(-c2cc(-c3ccc4c(c3)sc3ccc(-c5ccc6c7ccccc7c7ccccc7c6c5)cc34)nc(-c3ccccc3)n2)cc1. The quantitative estimate of drug-likeness (QED) is 0.179. The van der Waals surface area contributed by atoms with Crippen LogP contribution < -0.4 is 0 Å². The Hall–Kier alpha value is -6.16. The molecule has 0 aliphatic rings. The molecular weight excluding hydrogens is 613 g/mol. The van der Waals surface area contributed by atoms with Gasteiger partial charge in [-0.2, -0.15) is 0 Å². The van der Waals surface area contributed by atoms with Gasteiger partial charge >= 0.3 is 0 Å². The fourth-order valence-electron chi connectivity index (χ4n) is 7.27. The highest BCUT2D eigenvalue weighted by molar-refractivity contribution is 7.25. The summed E-state index contributed by atoms with van der Waals surface area (Å²) < 4.78 is 2.53. The summed E-state index contributed by atoms with van der Waals surface area (Å²) in [6, 6.07) is 60.9. The van der Waals surface area contributed by atoms with E-state index >= 15 is 0 Å². The summed E-state index contributed by atoms with van der Waals surface area (Å²) in [6.07, 6.45) is 0. The first-order chi connectivity index (χ1) is 24.3. The molecule has 0 fully saturated rings. The molecular formula is C46H28N2S. The zero-order chi connectivity index (χ0) is 32.3. The molecule has 0 aliphatic heterocycles. The minimum absolute atomic E-state index is 0.731. The molecule has 0 radical (unpaired) electrons. The smallest absolute Gasteiger partial charge is 0.160 e. The number of hydrogen-bond donors (Lipinski definition) is 0. The molecule has 0 saturated carbocycles. The standard InChI is InChI=1S/C46H28N2S/c1-3-11-29(12-4-1)42-28-43(48-46(47-42)30-13-5-2-6-14-30)33-20-23-39-41-26-32(21-24-44(41)49-45(39)27-33)31-19-22-38-36-17-8-7-15-34(36)35-16-9-10-18-37(35)40(38)25-31/h1-28H. The van der Waals surface area contributed by atoms with Crippen LogP contribution in [-0.2, 0) is 0 Å². The monoisotopic (exact) mass is 640 g/mol. The third-order valence-electron chi connectivity index (χ3n) is 9.67. The summed E-state index contributed by atoms with van der Waals surface area (Å²) in [5.41, 5.74) is 7.47. The fraction of sp³-hybridized carbons (Fsp3) is 0. The molecule has 0 amide bonds. The van der Waals surface area contributed by atoms with E-state index in [0.29, 0.717) is 0 Å². The van der Waals surface area contributed by atoms with Crippen molar-refractivity contribution in [1.82, 2.24) is 9.97 Å². The van der Waals surface area contributed by atoms with Gasteiger partial charge in [0.2, 0.25) is 0 Å². The Labute approximate surface area is 287 Å². The van der Waals surface area contributed by atoms with E-state index in [1.165, 1.54) is 63.6 Å². The zero-order valence-electron chi connectivity index (χ0n) is 26.5. The van der Waals surface area contributed by atoms with E-state index in [1.54, 1.807) is 0 Å². The number of nitrogens with zero attached hydrogens (tertiary/aromatic N) is 2. The molecule has 0 aliphatic carbocycles. The van der Waals surface area contributed by atoms with Gasteiger partial charge in [-0.1, -0.05) is 140 Å². The van der Waals surface area contributed by atoms with E-state index in [9.17, 15) is 0 Å². The molecule has 49 heavy (non-hydrogen) atoms. The number of benzene rings is 8. The summed E-state index contributed by atoms with van der Waals surface area (Å²) in [7, 11) is 0. The van der Waals surface area contributed by atoms with Gasteiger partial charge in [0.05, 0.1) is 11.4 Å². The van der Waals surface area contributed by atoms with Crippen LogP contribution in [0.2, 0.25) is 0 Å². The van der Waals surface area contributed by atoms with Crippen LogP contribution in [0.25, 0.3) is 97.5 Å². The lowest BCUT2D eigenvalue weighted by molar-refractivity contribution is 1.18. The van der Waals surface area contributed by atoms with Gasteiger partial charge in [-0.05, 0) is 73.8 Å². The van der Waals surface area contributed by atoms with Crippen LogP contribution in [-0.4, -0.2) is 9.97 Å². The fourth-order valence-corrected chi connectivity index (χ4v) is 8.40. The Morgan fingerprint density at radius 1 is 0.286 bits per heavy atom. The second-order valence-corrected chi connectivity index (χ2v) is 13.7. The second kappa shape index (κ2) is 11.2. The third-order valence-corrected chi connectivity index (χ3v) is 10.8. The van der Waals surface area contributed by atoms with Gasteiger partial charge in [0.15, 0.2) is 5.82 Å². The van der Waals surface area contributed by atoms with E-state index in [1.807, 2.05) is 35.6 Å². The summed E-state index contributed by atoms with van der Waals surface area (Å²) in [6.45, 7) is 0. The highest BCUT2D eigenvalue weighted by Crippen LogP contribution is 2.41. The molecule has 2 aromatic heterocycles. The summed E-state index contributed by atoms with van der Waals surface area (Å²) in [4.78, 5) is 10.0. The molecule has 0 saturated heterocycles.